The summed E-state index contributed by atoms with van der Waals surface area (Å²) in [4.78, 5) is 43.4. The Balaban J connectivity index is 1.43. The SMILES string of the molecule is O=C1Nc2ccc(-c3cccs3)cc2C(=O)N2CCN(C(=O)c3ccccc3)C[C@H]12. The molecule has 0 spiro atoms. The molecule has 150 valence electrons. The van der Waals surface area contributed by atoms with Gasteiger partial charge in [0.1, 0.15) is 6.04 Å². The van der Waals surface area contributed by atoms with Crippen LogP contribution in [0.4, 0.5) is 5.69 Å². The van der Waals surface area contributed by atoms with Gasteiger partial charge in [0.15, 0.2) is 0 Å². The van der Waals surface area contributed by atoms with Crippen molar-refractivity contribution in [3.63, 3.8) is 0 Å². The van der Waals surface area contributed by atoms with E-state index in [0.29, 0.717) is 29.9 Å². The minimum absolute atomic E-state index is 0.128. The molecule has 2 aliphatic rings. The zero-order chi connectivity index (χ0) is 20.7. The average Bonchev–Trinajstić information content (AvgIpc) is 3.30. The van der Waals surface area contributed by atoms with Gasteiger partial charge in [-0.05, 0) is 41.3 Å². The first-order valence-electron chi connectivity index (χ1n) is 9.76. The maximum absolute atomic E-state index is 13.3. The van der Waals surface area contributed by atoms with Crippen LogP contribution in [0.25, 0.3) is 10.4 Å². The van der Waals surface area contributed by atoms with E-state index < -0.39 is 6.04 Å². The molecule has 1 saturated heterocycles. The van der Waals surface area contributed by atoms with E-state index in [1.54, 1.807) is 39.3 Å². The van der Waals surface area contributed by atoms with Crippen molar-refractivity contribution in [2.24, 2.45) is 0 Å². The summed E-state index contributed by atoms with van der Waals surface area (Å²) in [6.45, 7) is 0.887. The molecule has 0 bridgehead atoms. The molecule has 0 unspecified atom stereocenters. The largest absolute Gasteiger partial charge is 0.334 e. The van der Waals surface area contributed by atoms with Crippen molar-refractivity contribution in [2.45, 2.75) is 6.04 Å². The summed E-state index contributed by atoms with van der Waals surface area (Å²) in [6.07, 6.45) is 0. The number of piperazine rings is 1. The zero-order valence-electron chi connectivity index (χ0n) is 16.1. The van der Waals surface area contributed by atoms with Crippen molar-refractivity contribution in [1.29, 1.82) is 0 Å². The summed E-state index contributed by atoms with van der Waals surface area (Å²) in [5.41, 5.74) is 2.53. The van der Waals surface area contributed by atoms with Crippen molar-refractivity contribution in [3.8, 4) is 10.4 Å². The van der Waals surface area contributed by atoms with Crippen LogP contribution in [0, 0.1) is 0 Å². The molecule has 6 nitrogen and oxygen atoms in total. The number of carbonyl (C=O) groups excluding carboxylic acids is 3. The van der Waals surface area contributed by atoms with E-state index in [2.05, 4.69) is 5.32 Å². The fourth-order valence-electron chi connectivity index (χ4n) is 4.00. The highest BCUT2D eigenvalue weighted by atomic mass is 32.1. The number of hydrogen-bond donors (Lipinski definition) is 1. The second-order valence-corrected chi connectivity index (χ2v) is 8.31. The first kappa shape index (κ1) is 18.6. The first-order valence-corrected chi connectivity index (χ1v) is 10.6. The van der Waals surface area contributed by atoms with Crippen molar-refractivity contribution in [3.05, 3.63) is 77.2 Å². The maximum Gasteiger partial charge on any atom is 0.256 e. The van der Waals surface area contributed by atoms with E-state index in [1.807, 2.05) is 47.8 Å². The van der Waals surface area contributed by atoms with Crippen LogP contribution in [0.15, 0.2) is 66.0 Å². The Morgan fingerprint density at radius 3 is 2.60 bits per heavy atom. The molecule has 5 rings (SSSR count). The minimum atomic E-state index is -0.712. The Bertz CT molecular complexity index is 1130. The number of nitrogens with one attached hydrogen (secondary N) is 1. The van der Waals surface area contributed by atoms with Gasteiger partial charge in [-0.25, -0.2) is 0 Å². The van der Waals surface area contributed by atoms with Crippen molar-refractivity contribution in [2.75, 3.05) is 25.0 Å². The maximum atomic E-state index is 13.3. The quantitative estimate of drug-likeness (QED) is 0.695. The third kappa shape index (κ3) is 3.17. The van der Waals surface area contributed by atoms with Crippen LogP contribution in [0.5, 0.6) is 0 Å². The lowest BCUT2D eigenvalue weighted by Crippen LogP contribution is -2.59. The number of carbonyl (C=O) groups is 3. The van der Waals surface area contributed by atoms with Crippen molar-refractivity contribution < 1.29 is 14.4 Å². The van der Waals surface area contributed by atoms with Crippen LogP contribution in [-0.2, 0) is 4.79 Å². The Kier molecular flexibility index (Phi) is 4.59. The molecule has 1 aromatic heterocycles. The highest BCUT2D eigenvalue weighted by molar-refractivity contribution is 7.13. The Morgan fingerprint density at radius 1 is 1.00 bits per heavy atom. The van der Waals surface area contributed by atoms with Crippen molar-refractivity contribution in [1.82, 2.24) is 9.80 Å². The molecular formula is C23H19N3O3S. The molecule has 0 radical (unpaired) electrons. The molecule has 2 aromatic carbocycles. The predicted molar refractivity (Wildman–Crippen MR) is 116 cm³/mol. The zero-order valence-corrected chi connectivity index (χ0v) is 16.9. The highest BCUT2D eigenvalue weighted by Gasteiger charge is 2.40. The van der Waals surface area contributed by atoms with Gasteiger partial charge in [0.25, 0.3) is 11.8 Å². The second-order valence-electron chi connectivity index (χ2n) is 7.36. The smallest absolute Gasteiger partial charge is 0.256 e. The third-order valence-electron chi connectivity index (χ3n) is 5.57. The van der Waals surface area contributed by atoms with Gasteiger partial charge < -0.3 is 15.1 Å². The second kappa shape index (κ2) is 7.42. The first-order chi connectivity index (χ1) is 14.6. The molecule has 1 atom stereocenters. The molecule has 1 fully saturated rings. The van der Waals surface area contributed by atoms with E-state index in [-0.39, 0.29) is 24.3 Å². The van der Waals surface area contributed by atoms with Crippen LogP contribution < -0.4 is 5.32 Å². The van der Waals surface area contributed by atoms with Gasteiger partial charge in [0.2, 0.25) is 5.91 Å². The van der Waals surface area contributed by atoms with Gasteiger partial charge >= 0.3 is 0 Å². The van der Waals surface area contributed by atoms with E-state index in [4.69, 9.17) is 0 Å². The summed E-state index contributed by atoms with van der Waals surface area (Å²) in [5.74, 6) is -0.577. The number of nitrogens with zero attached hydrogens (tertiary/aromatic N) is 2. The number of amides is 3. The molecule has 7 heteroatoms. The van der Waals surface area contributed by atoms with Gasteiger partial charge in [0.05, 0.1) is 17.8 Å². The van der Waals surface area contributed by atoms with Crippen molar-refractivity contribution >= 4 is 34.7 Å². The van der Waals surface area contributed by atoms with Crippen LogP contribution in [-0.4, -0.2) is 53.2 Å². The van der Waals surface area contributed by atoms with Crippen LogP contribution in [0.3, 0.4) is 0 Å². The minimum Gasteiger partial charge on any atom is -0.334 e. The van der Waals surface area contributed by atoms with Crippen LogP contribution in [0.2, 0.25) is 0 Å². The summed E-state index contributed by atoms with van der Waals surface area (Å²) < 4.78 is 0. The lowest BCUT2D eigenvalue weighted by molar-refractivity contribution is -0.121. The fourth-order valence-corrected chi connectivity index (χ4v) is 4.72. The number of benzene rings is 2. The average molecular weight is 417 g/mol. The predicted octanol–water partition coefficient (Wildman–Crippen LogP) is 3.33. The summed E-state index contributed by atoms with van der Waals surface area (Å²) in [7, 11) is 0. The molecule has 1 N–H and O–H groups in total. The Hall–Kier alpha value is -3.45. The van der Waals surface area contributed by atoms with Gasteiger partial charge in [-0.3, -0.25) is 14.4 Å². The molecule has 30 heavy (non-hydrogen) atoms. The standard InChI is InChI=1S/C23H19N3O3S/c27-21-19-14-25(22(28)15-5-2-1-3-6-15)10-11-26(19)23(29)17-13-16(8-9-18(17)24-21)20-7-4-12-30-20/h1-9,12-13,19H,10-11,14H2,(H,24,27)/t19-/m1/s1. The summed E-state index contributed by atoms with van der Waals surface area (Å²) in [5, 5.41) is 4.88. The fraction of sp³-hybridized carbons (Fsp3) is 0.174. The van der Waals surface area contributed by atoms with E-state index >= 15 is 0 Å². The lowest BCUT2D eigenvalue weighted by Gasteiger charge is -2.39. The van der Waals surface area contributed by atoms with E-state index in [1.165, 1.54) is 0 Å². The van der Waals surface area contributed by atoms with E-state index in [0.717, 1.165) is 10.4 Å². The number of thiophene rings is 1. The molecule has 3 heterocycles. The van der Waals surface area contributed by atoms with Gasteiger partial charge in [-0.1, -0.05) is 30.3 Å². The Morgan fingerprint density at radius 2 is 1.83 bits per heavy atom. The molecule has 0 aliphatic carbocycles. The molecule has 0 saturated carbocycles. The van der Waals surface area contributed by atoms with Crippen LogP contribution >= 0.6 is 11.3 Å². The van der Waals surface area contributed by atoms with Gasteiger partial charge in [-0.15, -0.1) is 11.3 Å². The lowest BCUT2D eigenvalue weighted by atomic mass is 10.1. The number of hydrogen-bond acceptors (Lipinski definition) is 4. The molecular weight excluding hydrogens is 398 g/mol. The summed E-state index contributed by atoms with van der Waals surface area (Å²) in [6, 6.07) is 17.8. The molecule has 3 aromatic rings. The topological polar surface area (TPSA) is 69.7 Å². The third-order valence-corrected chi connectivity index (χ3v) is 6.48. The van der Waals surface area contributed by atoms with Gasteiger partial charge in [0, 0.05) is 23.5 Å². The normalized spacial score (nSPS) is 18.3. The highest BCUT2D eigenvalue weighted by Crippen LogP contribution is 2.32. The van der Waals surface area contributed by atoms with E-state index in [9.17, 15) is 14.4 Å². The molecule has 3 amide bonds. The van der Waals surface area contributed by atoms with Gasteiger partial charge in [-0.2, -0.15) is 0 Å². The number of anilines is 1. The van der Waals surface area contributed by atoms with Crippen LogP contribution in [0.1, 0.15) is 20.7 Å². The Labute approximate surface area is 177 Å². The monoisotopic (exact) mass is 417 g/mol. The summed E-state index contributed by atoms with van der Waals surface area (Å²) >= 11 is 1.60. The molecule has 2 aliphatic heterocycles. The number of fused-ring (bicyclic) bond motifs is 2. The number of rotatable bonds is 2.